The van der Waals surface area contributed by atoms with Crippen molar-refractivity contribution in [3.63, 3.8) is 0 Å². The Labute approximate surface area is 227 Å². The molecule has 9 heteroatoms. The van der Waals surface area contributed by atoms with Crippen molar-refractivity contribution in [2.75, 3.05) is 24.2 Å². The van der Waals surface area contributed by atoms with Crippen molar-refractivity contribution in [2.24, 2.45) is 0 Å². The maximum atomic E-state index is 13.8. The van der Waals surface area contributed by atoms with Gasteiger partial charge in [0.05, 0.1) is 19.1 Å². The molecular formula is C29H41N3O5S. The van der Waals surface area contributed by atoms with Crippen LogP contribution in [-0.2, 0) is 26.2 Å². The molecule has 0 spiro atoms. The third-order valence-corrected chi connectivity index (χ3v) is 8.27. The van der Waals surface area contributed by atoms with Gasteiger partial charge in [0.2, 0.25) is 21.8 Å². The van der Waals surface area contributed by atoms with E-state index in [2.05, 4.69) is 19.2 Å². The number of nitrogens with zero attached hydrogens (tertiary/aromatic N) is 2. The Balaban J connectivity index is 1.88. The van der Waals surface area contributed by atoms with Crippen LogP contribution in [-0.4, -0.2) is 57.1 Å². The topological polar surface area (TPSA) is 96.0 Å². The molecule has 0 heterocycles. The first-order valence-corrected chi connectivity index (χ1v) is 15.1. The molecule has 1 aliphatic carbocycles. The van der Waals surface area contributed by atoms with Gasteiger partial charge in [-0.15, -0.1) is 0 Å². The lowest BCUT2D eigenvalue weighted by atomic mass is 9.95. The van der Waals surface area contributed by atoms with Crippen LogP contribution < -0.4 is 14.4 Å². The molecular weight excluding hydrogens is 502 g/mol. The average molecular weight is 544 g/mol. The number of hydrogen-bond acceptors (Lipinski definition) is 5. The summed E-state index contributed by atoms with van der Waals surface area (Å²) in [5, 5.41) is 3.10. The summed E-state index contributed by atoms with van der Waals surface area (Å²) in [6.45, 7) is 5.54. The second kappa shape index (κ2) is 13.1. The highest BCUT2D eigenvalue weighted by Gasteiger charge is 2.31. The molecule has 0 bridgehead atoms. The number of ether oxygens (including phenoxy) is 1. The summed E-state index contributed by atoms with van der Waals surface area (Å²) in [6.07, 6.45) is 6.26. The number of benzene rings is 2. The maximum Gasteiger partial charge on any atom is 0.244 e. The molecule has 2 amide bonds. The molecule has 2 aromatic carbocycles. The van der Waals surface area contributed by atoms with Gasteiger partial charge in [0.1, 0.15) is 18.3 Å². The lowest BCUT2D eigenvalue weighted by Crippen LogP contribution is -2.52. The lowest BCUT2D eigenvalue weighted by molar-refractivity contribution is -0.139. The minimum atomic E-state index is -3.77. The van der Waals surface area contributed by atoms with Gasteiger partial charge in [0.25, 0.3) is 0 Å². The van der Waals surface area contributed by atoms with E-state index in [0.717, 1.165) is 47.4 Å². The fourth-order valence-corrected chi connectivity index (χ4v) is 5.61. The molecule has 2 aromatic rings. The van der Waals surface area contributed by atoms with Gasteiger partial charge in [-0.1, -0.05) is 57.4 Å². The van der Waals surface area contributed by atoms with Crippen LogP contribution in [0.3, 0.4) is 0 Å². The average Bonchev–Trinajstić information content (AvgIpc) is 2.90. The fraction of sp³-hybridized carbons (Fsp3) is 0.517. The van der Waals surface area contributed by atoms with Gasteiger partial charge < -0.3 is 15.0 Å². The number of rotatable bonds is 11. The number of anilines is 1. The molecule has 1 aliphatic rings. The summed E-state index contributed by atoms with van der Waals surface area (Å²) in [7, 11) is -2.20. The van der Waals surface area contributed by atoms with Gasteiger partial charge >= 0.3 is 0 Å². The Kier molecular flexibility index (Phi) is 10.2. The molecule has 1 N–H and O–H groups in total. The van der Waals surface area contributed by atoms with Crippen LogP contribution in [0.2, 0.25) is 0 Å². The van der Waals surface area contributed by atoms with Gasteiger partial charge in [-0.25, -0.2) is 8.42 Å². The van der Waals surface area contributed by atoms with E-state index in [9.17, 15) is 18.0 Å². The Morgan fingerprint density at radius 3 is 2.26 bits per heavy atom. The third-order valence-electron chi connectivity index (χ3n) is 7.13. The zero-order valence-corrected chi connectivity index (χ0v) is 24.0. The van der Waals surface area contributed by atoms with Gasteiger partial charge in [-0.05, 0) is 61.1 Å². The molecule has 8 nitrogen and oxygen atoms in total. The summed E-state index contributed by atoms with van der Waals surface area (Å²) in [5.74, 6) is 0.231. The molecule has 0 radical (unpaired) electrons. The molecule has 0 unspecified atom stereocenters. The van der Waals surface area contributed by atoms with Gasteiger partial charge in [-0.2, -0.15) is 0 Å². The van der Waals surface area contributed by atoms with Crippen molar-refractivity contribution in [3.8, 4) is 5.75 Å². The van der Waals surface area contributed by atoms with E-state index in [4.69, 9.17) is 4.74 Å². The minimum absolute atomic E-state index is 0.0967. The van der Waals surface area contributed by atoms with Crippen molar-refractivity contribution >= 4 is 27.5 Å². The van der Waals surface area contributed by atoms with Crippen LogP contribution in [0.25, 0.3) is 0 Å². The van der Waals surface area contributed by atoms with Crippen LogP contribution in [0.15, 0.2) is 48.5 Å². The van der Waals surface area contributed by atoms with Crippen molar-refractivity contribution in [1.29, 1.82) is 0 Å². The van der Waals surface area contributed by atoms with E-state index in [-0.39, 0.29) is 18.5 Å². The van der Waals surface area contributed by atoms with Crippen LogP contribution in [0, 0.1) is 0 Å². The van der Waals surface area contributed by atoms with E-state index in [1.807, 2.05) is 30.3 Å². The zero-order valence-electron chi connectivity index (χ0n) is 23.1. The van der Waals surface area contributed by atoms with Crippen molar-refractivity contribution in [1.82, 2.24) is 10.2 Å². The quantitative estimate of drug-likeness (QED) is 0.452. The minimum Gasteiger partial charge on any atom is -0.497 e. The zero-order chi connectivity index (χ0) is 27.9. The van der Waals surface area contributed by atoms with Crippen molar-refractivity contribution in [2.45, 2.75) is 77.4 Å². The predicted molar refractivity (Wildman–Crippen MR) is 151 cm³/mol. The van der Waals surface area contributed by atoms with Crippen molar-refractivity contribution < 1.29 is 22.7 Å². The first-order chi connectivity index (χ1) is 18.0. The summed E-state index contributed by atoms with van der Waals surface area (Å²) >= 11 is 0. The lowest BCUT2D eigenvalue weighted by Gasteiger charge is -2.33. The molecule has 0 saturated heterocycles. The predicted octanol–water partition coefficient (Wildman–Crippen LogP) is 4.45. The smallest absolute Gasteiger partial charge is 0.244 e. The first kappa shape index (κ1) is 29.5. The van der Waals surface area contributed by atoms with Crippen LogP contribution in [0.4, 0.5) is 5.69 Å². The molecule has 208 valence electrons. The number of sulfonamides is 1. The molecule has 1 saturated carbocycles. The Morgan fingerprint density at radius 2 is 1.68 bits per heavy atom. The van der Waals surface area contributed by atoms with E-state index in [0.29, 0.717) is 17.4 Å². The van der Waals surface area contributed by atoms with Gasteiger partial charge in [0, 0.05) is 12.6 Å². The third kappa shape index (κ3) is 7.96. The Hall–Kier alpha value is -3.07. The number of nitrogens with one attached hydrogen (secondary N) is 1. The molecule has 3 rings (SSSR count). The fourth-order valence-electron chi connectivity index (χ4n) is 4.76. The number of amides is 2. The van der Waals surface area contributed by atoms with E-state index in [1.54, 1.807) is 32.2 Å². The number of methoxy groups -OCH3 is 1. The molecule has 1 fully saturated rings. The van der Waals surface area contributed by atoms with E-state index >= 15 is 0 Å². The van der Waals surface area contributed by atoms with Crippen molar-refractivity contribution in [3.05, 3.63) is 59.7 Å². The highest BCUT2D eigenvalue weighted by Crippen LogP contribution is 2.24. The van der Waals surface area contributed by atoms with Crippen LogP contribution >= 0.6 is 0 Å². The van der Waals surface area contributed by atoms with Crippen LogP contribution in [0.1, 0.15) is 69.9 Å². The summed E-state index contributed by atoms with van der Waals surface area (Å²) in [4.78, 5) is 28.5. The maximum absolute atomic E-state index is 13.8. The van der Waals surface area contributed by atoms with Crippen LogP contribution in [0.5, 0.6) is 5.75 Å². The summed E-state index contributed by atoms with van der Waals surface area (Å²) in [5.41, 5.74) is 2.26. The van der Waals surface area contributed by atoms with Gasteiger partial charge in [0.15, 0.2) is 0 Å². The molecule has 1 atom stereocenters. The molecule has 0 aromatic heterocycles. The molecule has 0 aliphatic heterocycles. The normalized spacial score (nSPS) is 15.1. The highest BCUT2D eigenvalue weighted by molar-refractivity contribution is 7.92. The monoisotopic (exact) mass is 543 g/mol. The number of carbonyl (C=O) groups is 2. The highest BCUT2D eigenvalue weighted by atomic mass is 32.2. The second-order valence-corrected chi connectivity index (χ2v) is 12.3. The second-order valence-electron chi connectivity index (χ2n) is 10.4. The SMILES string of the molecule is COc1cccc(CN(C(=O)CN(c2ccc(C(C)C)cc2)S(C)(=O)=O)[C@@H](C)C(=O)NC2CCCCC2)c1. The Bertz CT molecular complexity index is 1190. The molecule has 38 heavy (non-hydrogen) atoms. The largest absolute Gasteiger partial charge is 0.497 e. The van der Waals surface area contributed by atoms with Gasteiger partial charge in [-0.3, -0.25) is 13.9 Å². The number of hydrogen-bond donors (Lipinski definition) is 1. The number of carbonyl (C=O) groups excluding carboxylic acids is 2. The van der Waals surface area contributed by atoms with E-state index in [1.165, 1.54) is 11.3 Å². The summed E-state index contributed by atoms with van der Waals surface area (Å²) in [6, 6.07) is 13.8. The summed E-state index contributed by atoms with van der Waals surface area (Å²) < 4.78 is 32.0. The standard InChI is InChI=1S/C29H41N3O5S/c1-21(2)24-14-16-26(17-15-24)32(38(5,35)36)20-28(33)31(19-23-10-9-13-27(18-23)37-4)22(3)29(34)30-25-11-7-6-8-12-25/h9-10,13-18,21-22,25H,6-8,11-12,19-20H2,1-5H3,(H,30,34)/t22-/m0/s1. The first-order valence-electron chi connectivity index (χ1n) is 13.3. The Morgan fingerprint density at radius 1 is 1.03 bits per heavy atom. The van der Waals surface area contributed by atoms with E-state index < -0.39 is 28.5 Å².